The Morgan fingerprint density at radius 1 is 1.13 bits per heavy atom. The molecular weight excluding hydrogens is 390 g/mol. The summed E-state index contributed by atoms with van der Waals surface area (Å²) in [5, 5.41) is 11.2. The Morgan fingerprint density at radius 2 is 1.84 bits per heavy atom. The lowest BCUT2D eigenvalue weighted by Gasteiger charge is -2.26. The molecule has 1 atom stereocenters. The van der Waals surface area contributed by atoms with E-state index in [1.54, 1.807) is 11.0 Å². The summed E-state index contributed by atoms with van der Waals surface area (Å²) in [6.07, 6.45) is 1.48. The molecule has 1 fully saturated rings. The second kappa shape index (κ2) is 7.88. The zero-order valence-electron chi connectivity index (χ0n) is 18.6. The van der Waals surface area contributed by atoms with Crippen LogP contribution in [-0.2, 0) is 21.4 Å². The number of carbonyl (C=O) groups is 2. The first-order valence-corrected chi connectivity index (χ1v) is 10.9. The van der Waals surface area contributed by atoms with Gasteiger partial charge in [0.2, 0.25) is 0 Å². The lowest BCUT2D eigenvalue weighted by Crippen LogP contribution is -2.30. The number of ether oxygens (including phenoxy) is 1. The molecule has 2 aliphatic rings. The molecule has 4 rings (SSSR count). The normalized spacial score (nSPS) is 20.1. The number of amides is 1. The van der Waals surface area contributed by atoms with Crippen LogP contribution in [0.3, 0.4) is 0 Å². The maximum atomic E-state index is 13.0. The topological polar surface area (TPSA) is 66.8 Å². The Hall–Kier alpha value is -3.08. The van der Waals surface area contributed by atoms with E-state index in [2.05, 4.69) is 20.8 Å². The molecule has 0 radical (unpaired) electrons. The highest BCUT2D eigenvalue weighted by molar-refractivity contribution is 6.46. The molecule has 0 aliphatic carbocycles. The fraction of sp³-hybridized carbons (Fsp3) is 0.385. The first-order valence-electron chi connectivity index (χ1n) is 10.9. The van der Waals surface area contributed by atoms with Crippen LogP contribution in [-0.4, -0.2) is 34.8 Å². The van der Waals surface area contributed by atoms with Crippen molar-refractivity contribution in [3.8, 4) is 5.75 Å². The molecule has 1 unspecified atom stereocenters. The fourth-order valence-electron chi connectivity index (χ4n) is 4.35. The summed E-state index contributed by atoms with van der Waals surface area (Å²) in [6.45, 7) is 9.46. The largest absolute Gasteiger partial charge is 0.507 e. The predicted octanol–water partition coefficient (Wildman–Crippen LogP) is 4.75. The Kier molecular flexibility index (Phi) is 5.38. The van der Waals surface area contributed by atoms with Gasteiger partial charge in [0.05, 0.1) is 18.2 Å². The number of aliphatic hydroxyl groups excluding tert-OH is 1. The van der Waals surface area contributed by atoms with E-state index in [0.29, 0.717) is 18.7 Å². The summed E-state index contributed by atoms with van der Waals surface area (Å²) < 4.78 is 5.55. The highest BCUT2D eigenvalue weighted by Gasteiger charge is 2.45. The van der Waals surface area contributed by atoms with Gasteiger partial charge in [0.15, 0.2) is 0 Å². The van der Waals surface area contributed by atoms with Gasteiger partial charge in [-0.15, -0.1) is 0 Å². The van der Waals surface area contributed by atoms with Crippen LogP contribution >= 0.6 is 0 Å². The summed E-state index contributed by atoms with van der Waals surface area (Å²) in [5.74, 6) is -0.515. The third-order valence-corrected chi connectivity index (χ3v) is 6.06. The van der Waals surface area contributed by atoms with E-state index in [9.17, 15) is 14.7 Å². The van der Waals surface area contributed by atoms with Gasteiger partial charge in [-0.2, -0.15) is 0 Å². The van der Waals surface area contributed by atoms with Gasteiger partial charge < -0.3 is 14.7 Å². The number of hydrogen-bond donors (Lipinski definition) is 1. The van der Waals surface area contributed by atoms with Gasteiger partial charge in [0, 0.05) is 18.5 Å². The molecule has 1 saturated heterocycles. The van der Waals surface area contributed by atoms with Gasteiger partial charge in [-0.3, -0.25) is 9.59 Å². The molecule has 0 bridgehead atoms. The highest BCUT2D eigenvalue weighted by atomic mass is 16.5. The first-order chi connectivity index (χ1) is 14.7. The summed E-state index contributed by atoms with van der Waals surface area (Å²) >= 11 is 0. The summed E-state index contributed by atoms with van der Waals surface area (Å²) in [4.78, 5) is 27.4. The number of benzene rings is 2. The molecular formula is C26H29NO4. The molecule has 5 nitrogen and oxygen atoms in total. The smallest absolute Gasteiger partial charge is 0.295 e. The summed E-state index contributed by atoms with van der Waals surface area (Å²) in [6, 6.07) is 12.8. The van der Waals surface area contributed by atoms with Crippen molar-refractivity contribution in [1.29, 1.82) is 0 Å². The quantitative estimate of drug-likeness (QED) is 0.441. The molecule has 2 aliphatic heterocycles. The molecule has 5 heteroatoms. The Labute approximate surface area is 183 Å². The maximum Gasteiger partial charge on any atom is 0.295 e. The molecule has 1 amide bonds. The maximum absolute atomic E-state index is 13.0. The van der Waals surface area contributed by atoms with E-state index in [1.807, 2.05) is 43.3 Å². The van der Waals surface area contributed by atoms with E-state index in [-0.39, 0.29) is 16.7 Å². The van der Waals surface area contributed by atoms with Crippen LogP contribution < -0.4 is 4.74 Å². The SMILES string of the molecule is CCCN1C(=O)C(=O)/C(=C(\O)c2ccc3c(c2)CCO3)C1c1ccc(C(C)(C)C)cc1. The number of ketones is 1. The van der Waals surface area contributed by atoms with Gasteiger partial charge >= 0.3 is 0 Å². The molecule has 1 N–H and O–H groups in total. The average molecular weight is 420 g/mol. The number of aliphatic hydroxyl groups is 1. The minimum Gasteiger partial charge on any atom is -0.507 e. The van der Waals surface area contributed by atoms with Crippen molar-refractivity contribution < 1.29 is 19.4 Å². The van der Waals surface area contributed by atoms with E-state index < -0.39 is 17.7 Å². The third-order valence-electron chi connectivity index (χ3n) is 6.06. The standard InChI is InChI=1S/C26H29NO4/c1-5-13-27-22(16-6-9-19(10-7-16)26(2,3)4)21(24(29)25(27)30)23(28)18-8-11-20-17(15-18)12-14-31-20/h6-11,15,22,28H,5,12-14H2,1-4H3/b23-21-. The van der Waals surface area contributed by atoms with Gasteiger partial charge in [-0.25, -0.2) is 0 Å². The van der Waals surface area contributed by atoms with E-state index in [0.717, 1.165) is 29.7 Å². The van der Waals surface area contributed by atoms with E-state index >= 15 is 0 Å². The molecule has 2 aromatic rings. The van der Waals surface area contributed by atoms with Gasteiger partial charge in [0.1, 0.15) is 11.5 Å². The second-order valence-corrected chi connectivity index (χ2v) is 9.29. The monoisotopic (exact) mass is 419 g/mol. The lowest BCUT2D eigenvalue weighted by atomic mass is 9.85. The van der Waals surface area contributed by atoms with Crippen LogP contribution in [0.2, 0.25) is 0 Å². The predicted molar refractivity (Wildman–Crippen MR) is 120 cm³/mol. The average Bonchev–Trinajstić information content (AvgIpc) is 3.30. The van der Waals surface area contributed by atoms with E-state index in [1.165, 1.54) is 5.56 Å². The Balaban J connectivity index is 1.83. The fourth-order valence-corrected chi connectivity index (χ4v) is 4.35. The van der Waals surface area contributed by atoms with Crippen LogP contribution in [0.5, 0.6) is 5.75 Å². The van der Waals surface area contributed by atoms with Crippen LogP contribution in [0.4, 0.5) is 0 Å². The zero-order valence-corrected chi connectivity index (χ0v) is 18.6. The van der Waals surface area contributed by atoms with Crippen LogP contribution in [0, 0.1) is 0 Å². The first kappa shape index (κ1) is 21.2. The zero-order chi connectivity index (χ0) is 22.3. The Morgan fingerprint density at radius 3 is 2.48 bits per heavy atom. The third kappa shape index (κ3) is 3.73. The molecule has 0 saturated carbocycles. The van der Waals surface area contributed by atoms with Gasteiger partial charge in [0.25, 0.3) is 11.7 Å². The number of nitrogens with zero attached hydrogens (tertiary/aromatic N) is 1. The molecule has 31 heavy (non-hydrogen) atoms. The number of hydrogen-bond acceptors (Lipinski definition) is 4. The van der Waals surface area contributed by atoms with E-state index in [4.69, 9.17) is 4.74 Å². The minimum atomic E-state index is -0.632. The van der Waals surface area contributed by atoms with Crippen molar-refractivity contribution >= 4 is 17.4 Å². The van der Waals surface area contributed by atoms with Crippen LogP contribution in [0.25, 0.3) is 5.76 Å². The van der Waals surface area contributed by atoms with Crippen molar-refractivity contribution in [2.45, 2.75) is 52.0 Å². The molecule has 0 aromatic heterocycles. The number of rotatable bonds is 4. The molecule has 0 spiro atoms. The van der Waals surface area contributed by atoms with Crippen LogP contribution in [0.1, 0.15) is 62.4 Å². The van der Waals surface area contributed by atoms with Gasteiger partial charge in [-0.05, 0) is 46.7 Å². The number of fused-ring (bicyclic) bond motifs is 1. The van der Waals surface area contributed by atoms with Crippen molar-refractivity contribution in [3.05, 3.63) is 70.3 Å². The second-order valence-electron chi connectivity index (χ2n) is 9.29. The minimum absolute atomic E-state index is 0.00372. The molecule has 2 heterocycles. The number of carbonyl (C=O) groups excluding carboxylic acids is 2. The highest BCUT2D eigenvalue weighted by Crippen LogP contribution is 2.40. The van der Waals surface area contributed by atoms with Crippen molar-refractivity contribution in [2.75, 3.05) is 13.2 Å². The summed E-state index contributed by atoms with van der Waals surface area (Å²) in [7, 11) is 0. The van der Waals surface area contributed by atoms with Crippen LogP contribution in [0.15, 0.2) is 48.0 Å². The lowest BCUT2D eigenvalue weighted by molar-refractivity contribution is -0.139. The molecule has 2 aromatic carbocycles. The van der Waals surface area contributed by atoms with Crippen molar-refractivity contribution in [1.82, 2.24) is 4.90 Å². The van der Waals surface area contributed by atoms with Crippen molar-refractivity contribution in [2.24, 2.45) is 0 Å². The number of Topliss-reactive ketones (excluding diaryl/α,β-unsaturated/α-hetero) is 1. The number of likely N-dealkylation sites (tertiary alicyclic amines) is 1. The van der Waals surface area contributed by atoms with Gasteiger partial charge in [-0.1, -0.05) is 52.0 Å². The molecule has 162 valence electrons. The summed E-state index contributed by atoms with van der Waals surface area (Å²) in [5.41, 5.74) is 3.68. The van der Waals surface area contributed by atoms with Crippen molar-refractivity contribution in [3.63, 3.8) is 0 Å². The Bertz CT molecular complexity index is 1060.